The maximum Gasteiger partial charge on any atom is 0.238 e. The first-order valence-electron chi connectivity index (χ1n) is 9.19. The van der Waals surface area contributed by atoms with E-state index >= 15 is 0 Å². The number of benzene rings is 1. The first kappa shape index (κ1) is 20.0. The van der Waals surface area contributed by atoms with Crippen LogP contribution < -0.4 is 11.5 Å². The molecule has 2 atom stereocenters. The summed E-state index contributed by atoms with van der Waals surface area (Å²) in [5.41, 5.74) is 15.4. The molecule has 0 radical (unpaired) electrons. The van der Waals surface area contributed by atoms with E-state index in [0.29, 0.717) is 13.2 Å². The van der Waals surface area contributed by atoms with E-state index in [2.05, 4.69) is 6.08 Å². The Morgan fingerprint density at radius 2 is 1.96 bits per heavy atom. The Hall–Kier alpha value is -1.77. The molecule has 1 fully saturated rings. The molecule has 4 N–H and O–H groups in total. The molecule has 1 heterocycles. The topological polar surface area (TPSA) is 98.7 Å². The summed E-state index contributed by atoms with van der Waals surface area (Å²) >= 11 is 0. The van der Waals surface area contributed by atoms with Gasteiger partial charge in [-0.15, -0.1) is 0 Å². The number of nitrogens with two attached hydrogens (primary N) is 2. The number of hydrogen-bond acceptors (Lipinski definition) is 5. The van der Waals surface area contributed by atoms with Crippen molar-refractivity contribution in [1.29, 1.82) is 0 Å². The Morgan fingerprint density at radius 1 is 1.30 bits per heavy atom. The van der Waals surface area contributed by atoms with Crippen molar-refractivity contribution < 1.29 is 13.2 Å². The van der Waals surface area contributed by atoms with E-state index in [0.717, 1.165) is 23.1 Å². The van der Waals surface area contributed by atoms with Gasteiger partial charge >= 0.3 is 0 Å². The minimum Gasteiger partial charge on any atom is -0.379 e. The van der Waals surface area contributed by atoms with Crippen molar-refractivity contribution >= 4 is 15.6 Å². The third-order valence-corrected chi connectivity index (χ3v) is 7.27. The molecule has 1 aromatic carbocycles. The molecule has 1 aliphatic heterocycles. The molecule has 2 aliphatic rings. The standard InChI is InChI=1S/C20H27N3O3S/c1-2-6-18(16-7-4-3-5-8-16)17-9-10-19(21)20(22,15-17)27(24,25)23-11-13-26-14-12-23/h3-10,15,19H,2,11-14,21-22H2,1H3. The average Bonchev–Trinajstić information content (AvgIpc) is 2.69. The van der Waals surface area contributed by atoms with Crippen molar-refractivity contribution in [2.45, 2.75) is 24.3 Å². The normalized spacial score (nSPS) is 27.4. The van der Waals surface area contributed by atoms with Crippen LogP contribution in [0, 0.1) is 0 Å². The fourth-order valence-electron chi connectivity index (χ4n) is 3.39. The lowest BCUT2D eigenvalue weighted by Crippen LogP contribution is -2.64. The monoisotopic (exact) mass is 389 g/mol. The average molecular weight is 390 g/mol. The van der Waals surface area contributed by atoms with Crippen LogP contribution in [0.4, 0.5) is 0 Å². The second-order valence-corrected chi connectivity index (χ2v) is 8.92. The summed E-state index contributed by atoms with van der Waals surface area (Å²) in [6, 6.07) is 9.03. The molecule has 1 aromatic rings. The number of allylic oxidation sites excluding steroid dienone is 4. The van der Waals surface area contributed by atoms with Crippen LogP contribution in [0.3, 0.4) is 0 Å². The lowest BCUT2D eigenvalue weighted by Gasteiger charge is -2.39. The molecule has 0 aromatic heterocycles. The highest BCUT2D eigenvalue weighted by molar-refractivity contribution is 7.90. The maximum atomic E-state index is 13.3. The van der Waals surface area contributed by atoms with Crippen LogP contribution in [0.1, 0.15) is 18.9 Å². The first-order chi connectivity index (χ1) is 12.9. The summed E-state index contributed by atoms with van der Waals surface area (Å²) in [6.45, 7) is 3.35. The van der Waals surface area contributed by atoms with Crippen molar-refractivity contribution in [2.24, 2.45) is 11.5 Å². The highest BCUT2D eigenvalue weighted by Gasteiger charge is 2.48. The van der Waals surface area contributed by atoms with Crippen LogP contribution in [0.2, 0.25) is 0 Å². The number of morpholine rings is 1. The van der Waals surface area contributed by atoms with Crippen molar-refractivity contribution in [2.75, 3.05) is 26.3 Å². The molecule has 6 nitrogen and oxygen atoms in total. The number of ether oxygens (including phenoxy) is 1. The Kier molecular flexibility index (Phi) is 5.98. The van der Waals surface area contributed by atoms with Crippen molar-refractivity contribution in [1.82, 2.24) is 4.31 Å². The summed E-state index contributed by atoms with van der Waals surface area (Å²) in [5, 5.41) is 0. The Labute approximate surface area is 161 Å². The summed E-state index contributed by atoms with van der Waals surface area (Å²) < 4.78 is 33.3. The summed E-state index contributed by atoms with van der Waals surface area (Å²) in [4.78, 5) is -1.70. The first-order valence-corrected chi connectivity index (χ1v) is 10.6. The zero-order chi connectivity index (χ0) is 19.5. The SMILES string of the molecule is CCC=C(C1=CC(N)(S(=O)(=O)N2CCOCC2)C(N)C=C1)c1ccccc1. The van der Waals surface area contributed by atoms with Crippen molar-refractivity contribution in [3.8, 4) is 0 Å². The Morgan fingerprint density at radius 3 is 2.59 bits per heavy atom. The second-order valence-electron chi connectivity index (χ2n) is 6.75. The summed E-state index contributed by atoms with van der Waals surface area (Å²) in [7, 11) is -3.85. The molecule has 1 aliphatic carbocycles. The maximum absolute atomic E-state index is 13.3. The molecule has 0 amide bonds. The van der Waals surface area contributed by atoms with Gasteiger partial charge < -0.3 is 16.2 Å². The highest BCUT2D eigenvalue weighted by atomic mass is 32.2. The number of sulfonamides is 1. The summed E-state index contributed by atoms with van der Waals surface area (Å²) in [5.74, 6) is 0. The van der Waals surface area contributed by atoms with E-state index in [1.165, 1.54) is 4.31 Å². The van der Waals surface area contributed by atoms with Crippen LogP contribution in [0.25, 0.3) is 5.57 Å². The molecule has 146 valence electrons. The molecule has 0 spiro atoms. The van der Waals surface area contributed by atoms with Crippen LogP contribution in [-0.2, 0) is 14.8 Å². The lowest BCUT2D eigenvalue weighted by atomic mass is 9.89. The molecule has 0 saturated carbocycles. The van der Waals surface area contributed by atoms with Gasteiger partial charge in [0.25, 0.3) is 0 Å². The van der Waals surface area contributed by atoms with E-state index in [4.69, 9.17) is 16.2 Å². The molecule has 27 heavy (non-hydrogen) atoms. The van der Waals surface area contributed by atoms with Gasteiger partial charge in [0.05, 0.1) is 19.3 Å². The molecule has 2 unspecified atom stereocenters. The van der Waals surface area contributed by atoms with E-state index in [1.807, 2.05) is 43.3 Å². The largest absolute Gasteiger partial charge is 0.379 e. The Bertz CT molecular complexity index is 856. The van der Waals surface area contributed by atoms with Crippen LogP contribution >= 0.6 is 0 Å². The zero-order valence-electron chi connectivity index (χ0n) is 15.5. The van der Waals surface area contributed by atoms with E-state index in [1.54, 1.807) is 12.2 Å². The van der Waals surface area contributed by atoms with Gasteiger partial charge in [-0.2, -0.15) is 4.31 Å². The molecular formula is C20H27N3O3S. The fourth-order valence-corrected chi connectivity index (χ4v) is 5.17. The zero-order valence-corrected chi connectivity index (χ0v) is 16.4. The summed E-state index contributed by atoms with van der Waals surface area (Å²) in [6.07, 6.45) is 8.04. The molecular weight excluding hydrogens is 362 g/mol. The van der Waals surface area contributed by atoms with Crippen LogP contribution in [-0.4, -0.2) is 49.9 Å². The number of rotatable bonds is 5. The second kappa shape index (κ2) is 8.08. The lowest BCUT2D eigenvalue weighted by molar-refractivity contribution is 0.0720. The van der Waals surface area contributed by atoms with Crippen LogP contribution in [0.5, 0.6) is 0 Å². The van der Waals surface area contributed by atoms with Crippen molar-refractivity contribution in [3.05, 3.63) is 65.8 Å². The molecule has 7 heteroatoms. The van der Waals surface area contributed by atoms with Crippen molar-refractivity contribution in [3.63, 3.8) is 0 Å². The number of hydrogen-bond donors (Lipinski definition) is 2. The quantitative estimate of drug-likeness (QED) is 0.797. The molecule has 0 bridgehead atoms. The van der Waals surface area contributed by atoms with Gasteiger partial charge in [-0.25, -0.2) is 8.42 Å². The third-order valence-electron chi connectivity index (χ3n) is 4.95. The third kappa shape index (κ3) is 3.79. The van der Waals surface area contributed by atoms with Gasteiger partial charge in [-0.05, 0) is 29.2 Å². The smallest absolute Gasteiger partial charge is 0.238 e. The van der Waals surface area contributed by atoms with E-state index in [9.17, 15) is 8.42 Å². The van der Waals surface area contributed by atoms with E-state index in [-0.39, 0.29) is 13.1 Å². The van der Waals surface area contributed by atoms with Gasteiger partial charge in [0.1, 0.15) is 0 Å². The van der Waals surface area contributed by atoms with Gasteiger partial charge in [0.2, 0.25) is 10.0 Å². The predicted molar refractivity (Wildman–Crippen MR) is 108 cm³/mol. The van der Waals surface area contributed by atoms with Gasteiger partial charge in [0, 0.05) is 13.1 Å². The fraction of sp³-hybridized carbons (Fsp3) is 0.400. The predicted octanol–water partition coefficient (Wildman–Crippen LogP) is 1.62. The van der Waals surface area contributed by atoms with Gasteiger partial charge in [0.15, 0.2) is 4.87 Å². The van der Waals surface area contributed by atoms with E-state index < -0.39 is 20.9 Å². The van der Waals surface area contributed by atoms with Gasteiger partial charge in [-0.1, -0.05) is 55.5 Å². The van der Waals surface area contributed by atoms with Crippen LogP contribution in [0.15, 0.2) is 60.2 Å². The molecule has 3 rings (SSSR count). The number of nitrogens with zero attached hydrogens (tertiary/aromatic N) is 1. The molecule has 1 saturated heterocycles. The minimum absolute atomic E-state index is 0.289. The Balaban J connectivity index is 2.04. The highest BCUT2D eigenvalue weighted by Crippen LogP contribution is 2.33. The minimum atomic E-state index is -3.85. The van der Waals surface area contributed by atoms with Gasteiger partial charge in [-0.3, -0.25) is 0 Å².